The second-order valence-electron chi connectivity index (χ2n) is 8.01. The van der Waals surface area contributed by atoms with Crippen molar-refractivity contribution in [3.63, 3.8) is 0 Å². The van der Waals surface area contributed by atoms with E-state index in [1.54, 1.807) is 14.0 Å². The summed E-state index contributed by atoms with van der Waals surface area (Å²) in [6.07, 6.45) is 0.656. The average molecular weight is 475 g/mol. The number of benzene rings is 2. The Labute approximate surface area is 191 Å². The highest BCUT2D eigenvalue weighted by Gasteiger charge is 2.28. The van der Waals surface area contributed by atoms with Gasteiger partial charge in [0.1, 0.15) is 5.82 Å². The highest BCUT2D eigenvalue weighted by atomic mass is 32.2. The summed E-state index contributed by atoms with van der Waals surface area (Å²) in [7, 11) is -3.76. The Balaban J connectivity index is 1.43. The zero-order valence-electron chi connectivity index (χ0n) is 18.5. The summed E-state index contributed by atoms with van der Waals surface area (Å²) >= 11 is 0. The summed E-state index contributed by atoms with van der Waals surface area (Å²) in [5, 5.41) is 0. The lowest BCUT2D eigenvalue weighted by Gasteiger charge is -2.22. The van der Waals surface area contributed by atoms with Crippen molar-refractivity contribution < 1.29 is 17.6 Å². The molecular weight excluding hydrogens is 447 g/mol. The number of amides is 1. The molecule has 8 nitrogen and oxygen atoms in total. The molecule has 1 aliphatic heterocycles. The Kier molecular flexibility index (Phi) is 6.66. The predicted molar refractivity (Wildman–Crippen MR) is 123 cm³/mol. The summed E-state index contributed by atoms with van der Waals surface area (Å²) in [5.41, 5.74) is 1.50. The maximum Gasteiger partial charge on any atom is 0.329 e. The normalized spacial score (nSPS) is 15.6. The number of aromatic nitrogens is 2. The quantitative estimate of drug-likeness (QED) is 0.549. The molecule has 0 radical (unpaired) electrons. The minimum atomic E-state index is -3.76. The van der Waals surface area contributed by atoms with E-state index in [2.05, 4.69) is 0 Å². The third kappa shape index (κ3) is 4.58. The Morgan fingerprint density at radius 1 is 0.939 bits per heavy atom. The molecule has 1 fully saturated rings. The molecule has 0 atom stereocenters. The van der Waals surface area contributed by atoms with E-state index in [9.17, 15) is 22.4 Å². The van der Waals surface area contributed by atoms with Crippen molar-refractivity contribution in [1.82, 2.24) is 18.3 Å². The molecule has 10 heteroatoms. The Hall–Kier alpha value is -2.98. The molecule has 176 valence electrons. The molecule has 1 amide bonds. The minimum absolute atomic E-state index is 0.0374. The molecular formula is C23H27FN4O4S. The van der Waals surface area contributed by atoms with Crippen LogP contribution in [0.3, 0.4) is 0 Å². The van der Waals surface area contributed by atoms with E-state index < -0.39 is 15.8 Å². The van der Waals surface area contributed by atoms with Crippen LogP contribution in [0.15, 0.2) is 58.2 Å². The number of sulfonamides is 1. The van der Waals surface area contributed by atoms with E-state index >= 15 is 0 Å². The molecule has 1 aliphatic rings. The van der Waals surface area contributed by atoms with E-state index in [0.29, 0.717) is 19.5 Å². The zero-order valence-corrected chi connectivity index (χ0v) is 19.3. The molecule has 0 N–H and O–H groups in total. The van der Waals surface area contributed by atoms with Gasteiger partial charge in [0.05, 0.1) is 15.9 Å². The molecule has 2 aromatic carbocycles. The highest BCUT2D eigenvalue weighted by molar-refractivity contribution is 7.89. The van der Waals surface area contributed by atoms with Crippen LogP contribution in [0.5, 0.6) is 0 Å². The summed E-state index contributed by atoms with van der Waals surface area (Å²) in [6.45, 7) is 3.88. The van der Waals surface area contributed by atoms with Gasteiger partial charge >= 0.3 is 5.69 Å². The van der Waals surface area contributed by atoms with Gasteiger partial charge in [-0.15, -0.1) is 0 Å². The molecule has 1 aromatic heterocycles. The predicted octanol–water partition coefficient (Wildman–Crippen LogP) is 2.28. The van der Waals surface area contributed by atoms with Crippen molar-refractivity contribution in [3.8, 4) is 0 Å². The van der Waals surface area contributed by atoms with E-state index in [1.165, 1.54) is 16.4 Å². The van der Waals surface area contributed by atoms with E-state index in [-0.39, 0.29) is 49.1 Å². The Morgan fingerprint density at radius 2 is 1.61 bits per heavy atom. The van der Waals surface area contributed by atoms with Crippen LogP contribution in [0.25, 0.3) is 11.0 Å². The number of imidazole rings is 1. The molecule has 0 saturated carbocycles. The molecule has 0 aliphatic carbocycles. The molecule has 2 heterocycles. The highest BCUT2D eigenvalue weighted by Crippen LogP contribution is 2.19. The smallest absolute Gasteiger partial charge is 0.329 e. The molecule has 3 aromatic rings. The van der Waals surface area contributed by atoms with Gasteiger partial charge in [0, 0.05) is 45.7 Å². The fourth-order valence-electron chi connectivity index (χ4n) is 4.30. The van der Waals surface area contributed by atoms with Crippen LogP contribution in [0.4, 0.5) is 4.39 Å². The average Bonchev–Trinajstić information content (AvgIpc) is 2.95. The summed E-state index contributed by atoms with van der Waals surface area (Å²) in [4.78, 5) is 27.4. The van der Waals surface area contributed by atoms with Crippen molar-refractivity contribution in [2.24, 2.45) is 0 Å². The van der Waals surface area contributed by atoms with Crippen LogP contribution in [0, 0.1) is 5.82 Å². The first-order chi connectivity index (χ1) is 15.8. The van der Waals surface area contributed by atoms with Crippen molar-refractivity contribution in [2.45, 2.75) is 37.8 Å². The summed E-state index contributed by atoms with van der Waals surface area (Å²) < 4.78 is 43.6. The van der Waals surface area contributed by atoms with E-state index in [1.807, 2.05) is 31.2 Å². The first-order valence-electron chi connectivity index (χ1n) is 11.0. The number of fused-ring (bicyclic) bond motifs is 1. The standard InChI is InChI=1S/C23H27FN4O4S/c1-2-27-20-6-3-4-7-21(20)28(23(27)30)15-12-22(29)25-13-5-14-26(17-16-25)33(31,32)19-10-8-18(24)9-11-19/h3-4,6-11H,2,5,12-17H2,1H3. The minimum Gasteiger partial charge on any atom is -0.341 e. The Bertz CT molecular complexity index is 1310. The third-order valence-corrected chi connectivity index (χ3v) is 7.96. The van der Waals surface area contributed by atoms with Gasteiger partial charge < -0.3 is 4.90 Å². The van der Waals surface area contributed by atoms with Gasteiger partial charge in [-0.2, -0.15) is 4.31 Å². The zero-order chi connectivity index (χ0) is 23.6. The van der Waals surface area contributed by atoms with Crippen molar-refractivity contribution in [3.05, 3.63) is 64.8 Å². The van der Waals surface area contributed by atoms with Crippen LogP contribution in [-0.2, 0) is 27.9 Å². The second-order valence-corrected chi connectivity index (χ2v) is 9.95. The molecule has 1 saturated heterocycles. The van der Waals surface area contributed by atoms with E-state index in [0.717, 1.165) is 23.2 Å². The number of rotatable bonds is 6. The number of halogens is 1. The topological polar surface area (TPSA) is 84.6 Å². The number of hydrogen-bond donors (Lipinski definition) is 0. The van der Waals surface area contributed by atoms with Crippen molar-refractivity contribution >= 4 is 27.0 Å². The lowest BCUT2D eigenvalue weighted by atomic mass is 10.3. The second kappa shape index (κ2) is 9.48. The number of para-hydroxylation sites is 2. The van der Waals surface area contributed by atoms with Gasteiger partial charge in [0.25, 0.3) is 0 Å². The van der Waals surface area contributed by atoms with Crippen LogP contribution >= 0.6 is 0 Å². The number of carbonyl (C=O) groups is 1. The molecule has 0 unspecified atom stereocenters. The van der Waals surface area contributed by atoms with Crippen LogP contribution in [0.1, 0.15) is 19.8 Å². The van der Waals surface area contributed by atoms with Gasteiger partial charge in [-0.3, -0.25) is 13.9 Å². The van der Waals surface area contributed by atoms with Gasteiger partial charge in [-0.25, -0.2) is 17.6 Å². The third-order valence-electron chi connectivity index (χ3n) is 6.05. The van der Waals surface area contributed by atoms with Gasteiger partial charge in [-0.1, -0.05) is 12.1 Å². The van der Waals surface area contributed by atoms with Gasteiger partial charge in [-0.05, 0) is 49.7 Å². The van der Waals surface area contributed by atoms with Gasteiger partial charge in [0.15, 0.2) is 0 Å². The molecule has 0 bridgehead atoms. The fourth-order valence-corrected chi connectivity index (χ4v) is 5.77. The van der Waals surface area contributed by atoms with Crippen LogP contribution in [-0.4, -0.2) is 58.8 Å². The number of nitrogens with zero attached hydrogens (tertiary/aromatic N) is 4. The van der Waals surface area contributed by atoms with Gasteiger partial charge in [0.2, 0.25) is 15.9 Å². The summed E-state index contributed by atoms with van der Waals surface area (Å²) in [5.74, 6) is -0.612. The maximum absolute atomic E-state index is 13.2. The largest absolute Gasteiger partial charge is 0.341 e. The molecule has 0 spiro atoms. The molecule has 33 heavy (non-hydrogen) atoms. The monoisotopic (exact) mass is 474 g/mol. The maximum atomic E-state index is 13.2. The fraction of sp³-hybridized carbons (Fsp3) is 0.391. The SMILES string of the molecule is CCn1c(=O)n(CCC(=O)N2CCCN(S(=O)(=O)c3ccc(F)cc3)CC2)c2ccccc21. The molecule has 4 rings (SSSR count). The number of hydrogen-bond acceptors (Lipinski definition) is 4. The first-order valence-corrected chi connectivity index (χ1v) is 12.5. The lowest BCUT2D eigenvalue weighted by Crippen LogP contribution is -2.38. The van der Waals surface area contributed by atoms with Crippen LogP contribution < -0.4 is 5.69 Å². The number of aryl methyl sites for hydroxylation is 2. The summed E-state index contributed by atoms with van der Waals surface area (Å²) in [6, 6.07) is 12.3. The van der Waals surface area contributed by atoms with Crippen molar-refractivity contribution in [1.29, 1.82) is 0 Å². The lowest BCUT2D eigenvalue weighted by molar-refractivity contribution is -0.131. The van der Waals surface area contributed by atoms with Crippen LogP contribution in [0.2, 0.25) is 0 Å². The van der Waals surface area contributed by atoms with Crippen molar-refractivity contribution in [2.75, 3.05) is 26.2 Å². The first kappa shape index (κ1) is 23.2. The Morgan fingerprint density at radius 3 is 2.27 bits per heavy atom. The van der Waals surface area contributed by atoms with E-state index in [4.69, 9.17) is 0 Å². The number of carbonyl (C=O) groups excluding carboxylic acids is 1.